The molecule has 1 aliphatic heterocycles. The van der Waals surface area contributed by atoms with E-state index in [1.807, 2.05) is 11.3 Å². The van der Waals surface area contributed by atoms with Crippen molar-refractivity contribution >= 4 is 11.3 Å². The maximum atomic E-state index is 2.24. The van der Waals surface area contributed by atoms with Crippen LogP contribution in [0.1, 0.15) is 0 Å². The first-order chi connectivity index (χ1) is 5.45. The van der Waals surface area contributed by atoms with Crippen LogP contribution in [-0.2, 0) is 0 Å². The lowest BCUT2D eigenvalue weighted by Crippen LogP contribution is -1.73. The Morgan fingerprint density at radius 1 is 1.00 bits per heavy atom. The van der Waals surface area contributed by atoms with Crippen LogP contribution in [0.4, 0.5) is 0 Å². The van der Waals surface area contributed by atoms with E-state index in [0.717, 1.165) is 0 Å². The Labute approximate surface area is 69.1 Å². The number of hydrogen-bond acceptors (Lipinski definition) is 1. The fraction of sp³-hybridized carbons (Fsp3) is 0. The molecule has 0 fully saturated rings. The van der Waals surface area contributed by atoms with Gasteiger partial charge in [-0.15, -0.1) is 11.3 Å². The molecule has 3 rings (SSSR count). The van der Waals surface area contributed by atoms with Crippen molar-refractivity contribution in [2.45, 2.75) is 0 Å². The van der Waals surface area contributed by atoms with E-state index in [2.05, 4.69) is 36.4 Å². The Bertz CT molecular complexity index is 398. The van der Waals surface area contributed by atoms with Crippen LogP contribution in [0.5, 0.6) is 0 Å². The minimum atomic E-state index is 1.37. The zero-order chi connectivity index (χ0) is 7.26. The molecule has 0 spiro atoms. The van der Waals surface area contributed by atoms with Crippen molar-refractivity contribution in [2.75, 3.05) is 0 Å². The van der Waals surface area contributed by atoms with Crippen LogP contribution >= 0.6 is 11.3 Å². The summed E-state index contributed by atoms with van der Waals surface area (Å²) in [7, 11) is 0. The third-order valence-corrected chi connectivity index (χ3v) is 3.17. The third kappa shape index (κ3) is 0.688. The van der Waals surface area contributed by atoms with Gasteiger partial charge < -0.3 is 0 Å². The van der Waals surface area contributed by atoms with Crippen LogP contribution in [-0.4, -0.2) is 0 Å². The highest BCUT2D eigenvalue weighted by Gasteiger charge is 2.24. The Kier molecular flexibility index (Phi) is 0.880. The molecular formula is C10H6S. The van der Waals surface area contributed by atoms with Crippen molar-refractivity contribution in [2.24, 2.45) is 0 Å². The van der Waals surface area contributed by atoms with E-state index in [1.165, 1.54) is 20.9 Å². The molecule has 0 unspecified atom stereocenters. The summed E-state index contributed by atoms with van der Waals surface area (Å²) >= 11 is 1.90. The standard InChI is InChI=1S/C10H6S/c1-2-4-7(5-3-1)10-8-6-9(8)11-10/h1-6H. The fourth-order valence-electron chi connectivity index (χ4n) is 1.28. The van der Waals surface area contributed by atoms with Gasteiger partial charge in [-0.1, -0.05) is 30.3 Å². The predicted octanol–water partition coefficient (Wildman–Crippen LogP) is 3.40. The second-order valence-electron chi connectivity index (χ2n) is 2.72. The van der Waals surface area contributed by atoms with Gasteiger partial charge >= 0.3 is 0 Å². The average Bonchev–Trinajstić information content (AvgIpc) is 2.64. The summed E-state index contributed by atoms with van der Waals surface area (Å²) in [4.78, 5) is 2.95. The number of hydrogen-bond donors (Lipinski definition) is 0. The molecule has 0 radical (unpaired) electrons. The van der Waals surface area contributed by atoms with E-state index in [0.29, 0.717) is 0 Å². The van der Waals surface area contributed by atoms with Gasteiger partial charge in [-0.25, -0.2) is 0 Å². The van der Waals surface area contributed by atoms with Crippen molar-refractivity contribution in [3.63, 3.8) is 0 Å². The molecule has 0 atom stereocenters. The normalized spacial score (nSPS) is 11.6. The molecular weight excluding hydrogens is 152 g/mol. The topological polar surface area (TPSA) is 0 Å². The van der Waals surface area contributed by atoms with E-state index in [9.17, 15) is 0 Å². The highest BCUT2D eigenvalue weighted by atomic mass is 32.1. The minimum absolute atomic E-state index is 1.37. The summed E-state index contributed by atoms with van der Waals surface area (Å²) in [5.74, 6) is 0. The highest BCUT2D eigenvalue weighted by Crippen LogP contribution is 2.54. The van der Waals surface area contributed by atoms with Gasteiger partial charge in [0.15, 0.2) is 0 Å². The van der Waals surface area contributed by atoms with Crippen molar-refractivity contribution in [1.29, 1.82) is 0 Å². The fourth-order valence-corrected chi connectivity index (χ4v) is 2.27. The van der Waals surface area contributed by atoms with Crippen LogP contribution in [0.3, 0.4) is 0 Å². The van der Waals surface area contributed by atoms with Gasteiger partial charge in [0.1, 0.15) is 0 Å². The van der Waals surface area contributed by atoms with Gasteiger partial charge in [-0.3, -0.25) is 0 Å². The number of benzene rings is 1. The van der Waals surface area contributed by atoms with Crippen molar-refractivity contribution in [3.05, 3.63) is 36.4 Å². The molecule has 1 aliphatic carbocycles. The van der Waals surface area contributed by atoms with Crippen LogP contribution in [0.15, 0.2) is 36.4 Å². The zero-order valence-corrected chi connectivity index (χ0v) is 6.69. The molecule has 1 aromatic carbocycles. The number of rotatable bonds is 1. The zero-order valence-electron chi connectivity index (χ0n) is 5.87. The van der Waals surface area contributed by atoms with Gasteiger partial charge in [0.25, 0.3) is 0 Å². The molecule has 52 valence electrons. The summed E-state index contributed by atoms with van der Waals surface area (Å²) in [6.45, 7) is 0. The van der Waals surface area contributed by atoms with Gasteiger partial charge in [-0.2, -0.15) is 0 Å². The minimum Gasteiger partial charge on any atom is -0.134 e. The summed E-state index contributed by atoms with van der Waals surface area (Å²) in [6, 6.07) is 12.8. The molecule has 11 heavy (non-hydrogen) atoms. The van der Waals surface area contributed by atoms with Gasteiger partial charge in [0, 0.05) is 15.3 Å². The molecule has 1 heteroatoms. The molecule has 0 N–H and O–H groups in total. The van der Waals surface area contributed by atoms with Gasteiger partial charge in [0.05, 0.1) is 0 Å². The van der Waals surface area contributed by atoms with Crippen LogP contribution in [0, 0.1) is 0 Å². The van der Waals surface area contributed by atoms with Gasteiger partial charge in [-0.05, 0) is 11.6 Å². The summed E-state index contributed by atoms with van der Waals surface area (Å²) in [5, 5.41) is 0. The predicted molar refractivity (Wildman–Crippen MR) is 48.7 cm³/mol. The smallest absolute Gasteiger partial charge is 0.0435 e. The average molecular weight is 158 g/mol. The van der Waals surface area contributed by atoms with Crippen molar-refractivity contribution in [3.8, 4) is 20.9 Å². The molecule has 1 heterocycles. The van der Waals surface area contributed by atoms with Crippen molar-refractivity contribution < 1.29 is 0 Å². The van der Waals surface area contributed by atoms with E-state index < -0.39 is 0 Å². The van der Waals surface area contributed by atoms with Crippen molar-refractivity contribution in [1.82, 2.24) is 0 Å². The van der Waals surface area contributed by atoms with E-state index >= 15 is 0 Å². The summed E-state index contributed by atoms with van der Waals surface area (Å²) in [6.07, 6.45) is 0. The molecule has 0 saturated heterocycles. The molecule has 0 nitrogen and oxygen atoms in total. The Morgan fingerprint density at radius 3 is 2.36 bits per heavy atom. The largest absolute Gasteiger partial charge is 0.134 e. The van der Waals surface area contributed by atoms with Crippen LogP contribution < -0.4 is 0 Å². The second-order valence-corrected chi connectivity index (χ2v) is 3.77. The Balaban J connectivity index is 2.16. The number of thiophene rings is 1. The third-order valence-electron chi connectivity index (χ3n) is 1.95. The Morgan fingerprint density at radius 2 is 1.82 bits per heavy atom. The monoisotopic (exact) mass is 158 g/mol. The molecule has 0 aromatic heterocycles. The molecule has 0 saturated carbocycles. The van der Waals surface area contributed by atoms with E-state index in [4.69, 9.17) is 0 Å². The Hall–Kier alpha value is -1.08. The molecule has 1 aromatic rings. The van der Waals surface area contributed by atoms with E-state index in [1.54, 1.807) is 0 Å². The highest BCUT2D eigenvalue weighted by molar-refractivity contribution is 7.24. The van der Waals surface area contributed by atoms with Crippen LogP contribution in [0.2, 0.25) is 0 Å². The summed E-state index contributed by atoms with van der Waals surface area (Å²) in [5.41, 5.74) is 2.85. The molecule has 0 bridgehead atoms. The lowest BCUT2D eigenvalue weighted by molar-refractivity contribution is 1.70. The first kappa shape index (κ1) is 5.56. The first-order valence-corrected chi connectivity index (χ1v) is 4.46. The second kappa shape index (κ2) is 1.74. The maximum Gasteiger partial charge on any atom is 0.0435 e. The SMILES string of the molecule is c1ccc(-c2sc3cc2-3)cc1. The molecule has 2 aliphatic rings. The van der Waals surface area contributed by atoms with Gasteiger partial charge in [0.2, 0.25) is 0 Å². The molecule has 0 amide bonds. The summed E-state index contributed by atoms with van der Waals surface area (Å²) < 4.78 is 0. The van der Waals surface area contributed by atoms with Crippen LogP contribution in [0.25, 0.3) is 20.9 Å². The lowest BCUT2D eigenvalue weighted by atomic mass is 10.2. The van der Waals surface area contributed by atoms with E-state index in [-0.39, 0.29) is 0 Å². The number of fused-ring (bicyclic) bond motifs is 1. The first-order valence-electron chi connectivity index (χ1n) is 3.65. The quantitative estimate of drug-likeness (QED) is 0.509. The maximum absolute atomic E-state index is 2.24. The lowest BCUT2D eigenvalue weighted by Gasteiger charge is -2.02.